The Balaban J connectivity index is 2.39. The molecule has 0 N–H and O–H groups in total. The molecule has 0 saturated heterocycles. The number of alkyl halides is 1. The van der Waals surface area contributed by atoms with Crippen molar-refractivity contribution in [1.82, 2.24) is 0 Å². The molecule has 0 radical (unpaired) electrons. The normalized spacial score (nSPS) is 33.2. The van der Waals surface area contributed by atoms with E-state index in [0.29, 0.717) is 0 Å². The van der Waals surface area contributed by atoms with Crippen LogP contribution < -0.4 is 0 Å². The van der Waals surface area contributed by atoms with Crippen molar-refractivity contribution in [2.45, 2.75) is 58.0 Å². The van der Waals surface area contributed by atoms with Crippen LogP contribution in [0.5, 0.6) is 0 Å². The fourth-order valence-electron chi connectivity index (χ4n) is 2.25. The quantitative estimate of drug-likeness (QED) is 0.677. The lowest BCUT2D eigenvalue weighted by molar-refractivity contribution is -0.0598. The van der Waals surface area contributed by atoms with E-state index in [9.17, 15) is 0 Å². The van der Waals surface area contributed by atoms with Crippen LogP contribution in [0.3, 0.4) is 0 Å². The van der Waals surface area contributed by atoms with E-state index in [4.69, 9.17) is 4.74 Å². The van der Waals surface area contributed by atoms with Crippen LogP contribution in [0.25, 0.3) is 0 Å². The molecule has 0 aromatic carbocycles. The van der Waals surface area contributed by atoms with Gasteiger partial charge >= 0.3 is 0 Å². The molecule has 1 aliphatic rings. The maximum atomic E-state index is 6.01. The SMILES string of the molecule is CCCOC1(CBr)CCC(CC)CC1. The van der Waals surface area contributed by atoms with Crippen LogP contribution in [0.1, 0.15) is 52.4 Å². The highest BCUT2D eigenvalue weighted by molar-refractivity contribution is 9.09. The third-order valence-corrected chi connectivity index (χ3v) is 4.47. The fourth-order valence-corrected chi connectivity index (χ4v) is 2.97. The van der Waals surface area contributed by atoms with Gasteiger partial charge in [-0.2, -0.15) is 0 Å². The van der Waals surface area contributed by atoms with E-state index in [1.54, 1.807) is 0 Å². The summed E-state index contributed by atoms with van der Waals surface area (Å²) >= 11 is 3.62. The second-order valence-corrected chi connectivity index (χ2v) is 5.08. The predicted octanol–water partition coefficient (Wildman–Crippen LogP) is 4.15. The average molecular weight is 263 g/mol. The highest BCUT2D eigenvalue weighted by atomic mass is 79.9. The van der Waals surface area contributed by atoms with Crippen LogP contribution in [-0.2, 0) is 4.74 Å². The van der Waals surface area contributed by atoms with Crippen molar-refractivity contribution in [1.29, 1.82) is 0 Å². The lowest BCUT2D eigenvalue weighted by atomic mass is 9.79. The number of hydrogen-bond acceptors (Lipinski definition) is 1. The van der Waals surface area contributed by atoms with Gasteiger partial charge < -0.3 is 4.74 Å². The molecule has 0 unspecified atom stereocenters. The molecule has 0 bridgehead atoms. The van der Waals surface area contributed by atoms with E-state index in [-0.39, 0.29) is 5.60 Å². The standard InChI is InChI=1S/C12H23BrO/c1-3-9-14-12(10-13)7-5-11(4-2)6-8-12/h11H,3-10H2,1-2H3. The maximum absolute atomic E-state index is 6.01. The summed E-state index contributed by atoms with van der Waals surface area (Å²) in [5, 5.41) is 1.01. The van der Waals surface area contributed by atoms with Crippen molar-refractivity contribution in [2.75, 3.05) is 11.9 Å². The summed E-state index contributed by atoms with van der Waals surface area (Å²) in [4.78, 5) is 0. The molecule has 2 heteroatoms. The van der Waals surface area contributed by atoms with E-state index in [0.717, 1.165) is 24.3 Å². The van der Waals surface area contributed by atoms with E-state index < -0.39 is 0 Å². The Morgan fingerprint density at radius 1 is 1.29 bits per heavy atom. The van der Waals surface area contributed by atoms with Crippen LogP contribution in [0.15, 0.2) is 0 Å². The Bertz CT molecular complexity index is 150. The van der Waals surface area contributed by atoms with Crippen molar-refractivity contribution in [3.05, 3.63) is 0 Å². The second-order valence-electron chi connectivity index (χ2n) is 4.52. The Morgan fingerprint density at radius 2 is 1.93 bits per heavy atom. The van der Waals surface area contributed by atoms with Crippen LogP contribution in [0, 0.1) is 5.92 Å². The first-order valence-electron chi connectivity index (χ1n) is 5.96. The minimum Gasteiger partial charge on any atom is -0.374 e. The Kier molecular flexibility index (Phi) is 5.47. The Morgan fingerprint density at radius 3 is 2.36 bits per heavy atom. The van der Waals surface area contributed by atoms with Crippen LogP contribution in [0.4, 0.5) is 0 Å². The molecule has 0 heterocycles. The van der Waals surface area contributed by atoms with Gasteiger partial charge in [-0.3, -0.25) is 0 Å². The molecule has 0 amide bonds. The van der Waals surface area contributed by atoms with E-state index in [1.807, 2.05) is 0 Å². The summed E-state index contributed by atoms with van der Waals surface area (Å²) in [6.07, 6.45) is 7.67. The first kappa shape index (κ1) is 12.5. The molecule has 1 nitrogen and oxygen atoms in total. The van der Waals surface area contributed by atoms with E-state index in [2.05, 4.69) is 29.8 Å². The van der Waals surface area contributed by atoms with Gasteiger partial charge in [0.1, 0.15) is 0 Å². The topological polar surface area (TPSA) is 9.23 Å². The van der Waals surface area contributed by atoms with Gasteiger partial charge in [0.25, 0.3) is 0 Å². The van der Waals surface area contributed by atoms with Gasteiger partial charge in [-0.15, -0.1) is 0 Å². The zero-order valence-corrected chi connectivity index (χ0v) is 11.1. The molecular formula is C12H23BrO. The number of rotatable bonds is 5. The average Bonchev–Trinajstić information content (AvgIpc) is 2.27. The first-order chi connectivity index (χ1) is 6.76. The van der Waals surface area contributed by atoms with Gasteiger partial charge in [0, 0.05) is 11.9 Å². The molecule has 1 saturated carbocycles. The molecule has 1 rings (SSSR count). The fraction of sp³-hybridized carbons (Fsp3) is 1.00. The summed E-state index contributed by atoms with van der Waals surface area (Å²) in [6, 6.07) is 0. The largest absolute Gasteiger partial charge is 0.374 e. The van der Waals surface area contributed by atoms with E-state index in [1.165, 1.54) is 32.1 Å². The first-order valence-corrected chi connectivity index (χ1v) is 7.08. The molecule has 0 atom stereocenters. The third kappa shape index (κ3) is 3.23. The van der Waals surface area contributed by atoms with Crippen molar-refractivity contribution in [3.8, 4) is 0 Å². The number of halogens is 1. The number of hydrogen-bond donors (Lipinski definition) is 0. The van der Waals surface area contributed by atoms with Crippen molar-refractivity contribution >= 4 is 15.9 Å². The van der Waals surface area contributed by atoms with Crippen molar-refractivity contribution in [3.63, 3.8) is 0 Å². The Hall–Kier alpha value is 0.440. The summed E-state index contributed by atoms with van der Waals surface area (Å²) in [5.41, 5.74) is 0.168. The molecule has 0 aliphatic heterocycles. The molecule has 0 aromatic heterocycles. The summed E-state index contributed by atoms with van der Waals surface area (Å²) in [7, 11) is 0. The minimum absolute atomic E-state index is 0.168. The smallest absolute Gasteiger partial charge is 0.0779 e. The zero-order valence-electron chi connectivity index (χ0n) is 9.52. The molecular weight excluding hydrogens is 240 g/mol. The van der Waals surface area contributed by atoms with Gasteiger partial charge in [-0.1, -0.05) is 36.2 Å². The molecule has 0 aromatic rings. The summed E-state index contributed by atoms with van der Waals surface area (Å²) in [5.74, 6) is 0.951. The van der Waals surface area contributed by atoms with Gasteiger partial charge in [-0.25, -0.2) is 0 Å². The lowest BCUT2D eigenvalue weighted by Crippen LogP contribution is -2.39. The monoisotopic (exact) mass is 262 g/mol. The zero-order chi connectivity index (χ0) is 10.4. The maximum Gasteiger partial charge on any atom is 0.0779 e. The van der Waals surface area contributed by atoms with Crippen LogP contribution >= 0.6 is 15.9 Å². The van der Waals surface area contributed by atoms with Gasteiger partial charge in [0.05, 0.1) is 5.60 Å². The molecule has 1 fully saturated rings. The Labute approximate surface area is 96.7 Å². The van der Waals surface area contributed by atoms with Gasteiger partial charge in [0.2, 0.25) is 0 Å². The lowest BCUT2D eigenvalue weighted by Gasteiger charge is -2.38. The second kappa shape index (κ2) is 6.12. The van der Waals surface area contributed by atoms with Gasteiger partial charge in [-0.05, 0) is 38.0 Å². The molecule has 84 valence electrons. The predicted molar refractivity (Wildman–Crippen MR) is 65.0 cm³/mol. The highest BCUT2D eigenvalue weighted by Crippen LogP contribution is 2.37. The molecule has 1 aliphatic carbocycles. The summed E-state index contributed by atoms with van der Waals surface area (Å²) < 4.78 is 6.01. The van der Waals surface area contributed by atoms with E-state index >= 15 is 0 Å². The van der Waals surface area contributed by atoms with Crippen molar-refractivity contribution in [2.24, 2.45) is 5.92 Å². The molecule has 0 spiro atoms. The summed E-state index contributed by atoms with van der Waals surface area (Å²) in [6.45, 7) is 5.40. The third-order valence-electron chi connectivity index (χ3n) is 3.45. The van der Waals surface area contributed by atoms with Crippen LogP contribution in [0.2, 0.25) is 0 Å². The molecule has 14 heavy (non-hydrogen) atoms. The minimum atomic E-state index is 0.168. The highest BCUT2D eigenvalue weighted by Gasteiger charge is 2.34. The van der Waals surface area contributed by atoms with Gasteiger partial charge in [0.15, 0.2) is 0 Å². The van der Waals surface area contributed by atoms with Crippen molar-refractivity contribution < 1.29 is 4.74 Å². The number of ether oxygens (including phenoxy) is 1. The van der Waals surface area contributed by atoms with Crippen LogP contribution in [-0.4, -0.2) is 17.5 Å².